The maximum Gasteiger partial charge on any atom is 0.147 e. The van der Waals surface area contributed by atoms with Crippen molar-refractivity contribution in [2.75, 3.05) is 18.0 Å². The van der Waals surface area contributed by atoms with Crippen LogP contribution in [0.5, 0.6) is 0 Å². The molecule has 0 amide bonds. The van der Waals surface area contributed by atoms with Gasteiger partial charge in [-0.2, -0.15) is 20.7 Å². The zero-order chi connectivity index (χ0) is 14.3. The van der Waals surface area contributed by atoms with Crippen LogP contribution in [0.4, 0.5) is 10.1 Å². The number of benzene rings is 1. The van der Waals surface area contributed by atoms with E-state index in [0.29, 0.717) is 15.9 Å². The Labute approximate surface area is 122 Å². The number of nitrogens with zero attached hydrogens (tertiary/aromatic N) is 4. The van der Waals surface area contributed by atoms with E-state index in [1.807, 2.05) is 6.07 Å². The summed E-state index contributed by atoms with van der Waals surface area (Å²) in [6, 6.07) is 4.61. The van der Waals surface area contributed by atoms with Gasteiger partial charge in [-0.05, 0) is 28.1 Å². The first kappa shape index (κ1) is 13.0. The lowest BCUT2D eigenvalue weighted by molar-refractivity contribution is 0.00298. The van der Waals surface area contributed by atoms with Gasteiger partial charge < -0.3 is 10.0 Å². The fourth-order valence-electron chi connectivity index (χ4n) is 2.21. The van der Waals surface area contributed by atoms with E-state index in [4.69, 9.17) is 5.26 Å². The second-order valence-electron chi connectivity index (χ2n) is 4.64. The summed E-state index contributed by atoms with van der Waals surface area (Å²) >= 11 is 3.22. The Balaban J connectivity index is 1.84. The largest absolute Gasteiger partial charge is 0.380 e. The maximum absolute atomic E-state index is 14.0. The lowest BCUT2D eigenvalue weighted by atomic mass is 9.90. The second-order valence-corrected chi connectivity index (χ2v) is 5.49. The van der Waals surface area contributed by atoms with E-state index < -0.39 is 11.4 Å². The molecule has 0 radical (unpaired) electrons. The smallest absolute Gasteiger partial charge is 0.147 e. The van der Waals surface area contributed by atoms with Crippen molar-refractivity contribution in [3.8, 4) is 6.07 Å². The SMILES string of the molecule is N#Cc1cc(F)c(N2CC(O)(c3cn[nH]n3)C2)cc1Br. The van der Waals surface area contributed by atoms with Gasteiger partial charge >= 0.3 is 0 Å². The predicted octanol–water partition coefficient (Wildman–Crippen LogP) is 1.29. The van der Waals surface area contributed by atoms with Crippen LogP contribution in [-0.4, -0.2) is 33.6 Å². The topological polar surface area (TPSA) is 88.8 Å². The summed E-state index contributed by atoms with van der Waals surface area (Å²) in [7, 11) is 0. The van der Waals surface area contributed by atoms with E-state index in [-0.39, 0.29) is 18.7 Å². The first-order chi connectivity index (χ1) is 9.53. The third-order valence-corrected chi connectivity index (χ3v) is 3.95. The van der Waals surface area contributed by atoms with E-state index in [1.165, 1.54) is 18.3 Å². The fourth-order valence-corrected chi connectivity index (χ4v) is 2.63. The third kappa shape index (κ3) is 1.95. The number of H-pyrrole nitrogens is 1. The molecule has 2 aromatic rings. The van der Waals surface area contributed by atoms with Crippen LogP contribution in [-0.2, 0) is 5.60 Å². The summed E-state index contributed by atoms with van der Waals surface area (Å²) in [6.45, 7) is 0.434. The summed E-state index contributed by atoms with van der Waals surface area (Å²) in [4.78, 5) is 1.68. The second kappa shape index (κ2) is 4.54. The quantitative estimate of drug-likeness (QED) is 0.861. The van der Waals surface area contributed by atoms with Gasteiger partial charge in [0.25, 0.3) is 0 Å². The van der Waals surface area contributed by atoms with Gasteiger partial charge in [0.1, 0.15) is 23.2 Å². The molecule has 1 saturated heterocycles. The molecule has 0 aliphatic carbocycles. The van der Waals surface area contributed by atoms with E-state index in [1.54, 1.807) is 4.90 Å². The van der Waals surface area contributed by atoms with Crippen LogP contribution >= 0.6 is 15.9 Å². The highest BCUT2D eigenvalue weighted by Crippen LogP contribution is 2.37. The molecule has 1 fully saturated rings. The monoisotopic (exact) mass is 337 g/mol. The highest BCUT2D eigenvalue weighted by molar-refractivity contribution is 9.10. The van der Waals surface area contributed by atoms with Crippen LogP contribution < -0.4 is 4.90 Å². The van der Waals surface area contributed by atoms with Crippen molar-refractivity contribution in [2.24, 2.45) is 0 Å². The number of aromatic nitrogens is 3. The molecular formula is C12H9BrFN5O. The van der Waals surface area contributed by atoms with Crippen molar-refractivity contribution < 1.29 is 9.50 Å². The average Bonchev–Trinajstić information content (AvgIpc) is 2.92. The average molecular weight is 338 g/mol. The normalized spacial score (nSPS) is 16.6. The highest BCUT2D eigenvalue weighted by atomic mass is 79.9. The number of aromatic amines is 1. The van der Waals surface area contributed by atoms with E-state index >= 15 is 0 Å². The Bertz CT molecular complexity index is 691. The van der Waals surface area contributed by atoms with Gasteiger partial charge in [-0.25, -0.2) is 4.39 Å². The summed E-state index contributed by atoms with van der Waals surface area (Å²) in [6.07, 6.45) is 1.45. The van der Waals surface area contributed by atoms with Crippen molar-refractivity contribution in [1.82, 2.24) is 15.4 Å². The molecule has 0 bridgehead atoms. The lowest BCUT2D eigenvalue weighted by Gasteiger charge is -2.46. The standard InChI is InChI=1S/C12H9BrFN5O/c13-8-2-10(9(14)1-7(8)3-15)19-5-12(20,6-19)11-4-16-18-17-11/h1-2,4,20H,5-6H2,(H,16,17,18). The molecule has 3 rings (SSSR count). The molecule has 6 nitrogen and oxygen atoms in total. The maximum atomic E-state index is 14.0. The van der Waals surface area contributed by atoms with Gasteiger partial charge in [0, 0.05) is 4.47 Å². The first-order valence-corrected chi connectivity index (χ1v) is 6.55. The minimum absolute atomic E-state index is 0.217. The van der Waals surface area contributed by atoms with Gasteiger partial charge in [-0.1, -0.05) is 0 Å². The van der Waals surface area contributed by atoms with Gasteiger partial charge in [-0.15, -0.1) is 0 Å². The molecule has 8 heteroatoms. The molecule has 20 heavy (non-hydrogen) atoms. The molecule has 2 N–H and O–H groups in total. The molecule has 102 valence electrons. The zero-order valence-corrected chi connectivity index (χ0v) is 11.7. The number of nitrogens with one attached hydrogen (secondary N) is 1. The van der Waals surface area contributed by atoms with Crippen molar-refractivity contribution in [1.29, 1.82) is 5.26 Å². The predicted molar refractivity (Wildman–Crippen MR) is 71.3 cm³/mol. The Morgan fingerprint density at radius 1 is 1.50 bits per heavy atom. The Morgan fingerprint density at radius 3 is 2.85 bits per heavy atom. The van der Waals surface area contributed by atoms with Crippen LogP contribution in [0.3, 0.4) is 0 Å². The van der Waals surface area contributed by atoms with Crippen molar-refractivity contribution in [3.63, 3.8) is 0 Å². The number of halogens is 2. The fraction of sp³-hybridized carbons (Fsp3) is 0.250. The highest BCUT2D eigenvalue weighted by Gasteiger charge is 2.45. The number of hydrogen-bond donors (Lipinski definition) is 2. The summed E-state index contributed by atoms with van der Waals surface area (Å²) in [5, 5.41) is 29.1. The number of nitriles is 1. The molecule has 1 aromatic carbocycles. The number of β-amino-alcohol motifs (C(OH)–C–C–N with tert-alkyl or cyclic N) is 1. The number of anilines is 1. The number of rotatable bonds is 2. The summed E-state index contributed by atoms with van der Waals surface area (Å²) < 4.78 is 14.5. The summed E-state index contributed by atoms with van der Waals surface area (Å²) in [5.74, 6) is -0.494. The van der Waals surface area contributed by atoms with Crippen LogP contribution in [0.2, 0.25) is 0 Å². The van der Waals surface area contributed by atoms with E-state index in [2.05, 4.69) is 31.3 Å². The zero-order valence-electron chi connectivity index (χ0n) is 10.1. The lowest BCUT2D eigenvalue weighted by Crippen LogP contribution is -2.60. The van der Waals surface area contributed by atoms with Gasteiger partial charge in [0.05, 0.1) is 30.5 Å². The number of hydrogen-bond acceptors (Lipinski definition) is 5. The van der Waals surface area contributed by atoms with Crippen molar-refractivity contribution in [2.45, 2.75) is 5.60 Å². The van der Waals surface area contributed by atoms with Gasteiger partial charge in [-0.3, -0.25) is 0 Å². The van der Waals surface area contributed by atoms with E-state index in [0.717, 1.165) is 0 Å². The van der Waals surface area contributed by atoms with Gasteiger partial charge in [0.2, 0.25) is 0 Å². The Kier molecular flexibility index (Phi) is 2.96. The Hall–Kier alpha value is -1.98. The minimum Gasteiger partial charge on any atom is -0.380 e. The molecule has 1 aliphatic rings. The number of aliphatic hydroxyl groups is 1. The van der Waals surface area contributed by atoms with E-state index in [9.17, 15) is 9.50 Å². The molecular weight excluding hydrogens is 329 g/mol. The molecule has 1 aromatic heterocycles. The van der Waals surface area contributed by atoms with Crippen LogP contribution in [0.1, 0.15) is 11.3 Å². The molecule has 1 aliphatic heterocycles. The van der Waals surface area contributed by atoms with Crippen LogP contribution in [0.15, 0.2) is 22.8 Å². The summed E-state index contributed by atoms with van der Waals surface area (Å²) in [5.41, 5.74) is -0.121. The van der Waals surface area contributed by atoms with Crippen LogP contribution in [0, 0.1) is 17.1 Å². The molecule has 0 spiro atoms. The molecule has 2 heterocycles. The van der Waals surface area contributed by atoms with Gasteiger partial charge in [0.15, 0.2) is 0 Å². The van der Waals surface area contributed by atoms with Crippen molar-refractivity contribution >= 4 is 21.6 Å². The molecule has 0 unspecified atom stereocenters. The molecule has 0 saturated carbocycles. The first-order valence-electron chi connectivity index (χ1n) is 5.76. The van der Waals surface area contributed by atoms with Crippen LogP contribution in [0.25, 0.3) is 0 Å². The van der Waals surface area contributed by atoms with Crippen molar-refractivity contribution in [3.05, 3.63) is 39.9 Å². The third-order valence-electron chi connectivity index (χ3n) is 3.29. The minimum atomic E-state index is -1.13. The Morgan fingerprint density at radius 2 is 2.25 bits per heavy atom. The molecule has 0 atom stereocenters.